The summed E-state index contributed by atoms with van der Waals surface area (Å²) in [5.74, 6) is 0.837. The summed E-state index contributed by atoms with van der Waals surface area (Å²) in [7, 11) is 4.42. The molecule has 7 nitrogen and oxygen atoms in total. The normalized spacial score (nSPS) is 21.3. The summed E-state index contributed by atoms with van der Waals surface area (Å²) in [5.41, 5.74) is 0.339. The second-order valence-electron chi connectivity index (χ2n) is 4.76. The third-order valence-corrected chi connectivity index (χ3v) is 3.46. The molecule has 0 unspecified atom stereocenters. The fourth-order valence-electron chi connectivity index (χ4n) is 2.32. The van der Waals surface area contributed by atoms with Gasteiger partial charge >= 0.3 is 0 Å². The molecular weight excluding hydrogens is 278 g/mol. The number of methoxy groups -OCH3 is 3. The van der Waals surface area contributed by atoms with E-state index in [2.05, 4.69) is 0 Å². The number of likely N-dealkylation sites (tertiary alicyclic amines) is 1. The van der Waals surface area contributed by atoms with Gasteiger partial charge in [-0.3, -0.25) is 4.79 Å². The lowest BCUT2D eigenvalue weighted by Crippen LogP contribution is -2.29. The Kier molecular flexibility index (Phi) is 4.54. The summed E-state index contributed by atoms with van der Waals surface area (Å²) < 4.78 is 15.6. The van der Waals surface area contributed by atoms with Gasteiger partial charge in [0.15, 0.2) is 11.5 Å². The predicted molar refractivity (Wildman–Crippen MR) is 74.0 cm³/mol. The highest BCUT2D eigenvalue weighted by Gasteiger charge is 2.33. The zero-order valence-corrected chi connectivity index (χ0v) is 12.2. The largest absolute Gasteiger partial charge is 0.493 e. The van der Waals surface area contributed by atoms with Crippen LogP contribution in [0.1, 0.15) is 10.4 Å². The first-order valence-corrected chi connectivity index (χ1v) is 6.47. The van der Waals surface area contributed by atoms with E-state index in [9.17, 15) is 15.0 Å². The molecule has 2 rings (SSSR count). The van der Waals surface area contributed by atoms with Gasteiger partial charge in [0.1, 0.15) is 0 Å². The standard InChI is InChI=1S/C14H19NO6/c1-19-11-4-8(5-12(20-2)13(11)21-3)14(18)15-6-9(16)10(17)7-15/h4-5,9-10,16-17H,6-7H2,1-3H3/t9-,10+. The topological polar surface area (TPSA) is 88.5 Å². The second-order valence-corrected chi connectivity index (χ2v) is 4.76. The van der Waals surface area contributed by atoms with E-state index < -0.39 is 12.2 Å². The minimum Gasteiger partial charge on any atom is -0.493 e. The number of hydrogen-bond acceptors (Lipinski definition) is 6. The van der Waals surface area contributed by atoms with E-state index in [1.807, 2.05) is 0 Å². The van der Waals surface area contributed by atoms with Crippen molar-refractivity contribution >= 4 is 5.91 Å². The van der Waals surface area contributed by atoms with E-state index in [1.165, 1.54) is 26.2 Å². The molecule has 1 amide bonds. The van der Waals surface area contributed by atoms with E-state index in [1.54, 1.807) is 12.1 Å². The van der Waals surface area contributed by atoms with Gasteiger partial charge in [-0.05, 0) is 12.1 Å². The lowest BCUT2D eigenvalue weighted by Gasteiger charge is -2.18. The van der Waals surface area contributed by atoms with Crippen LogP contribution >= 0.6 is 0 Å². The number of carbonyl (C=O) groups is 1. The first kappa shape index (κ1) is 15.4. The Labute approximate surface area is 122 Å². The zero-order chi connectivity index (χ0) is 15.6. The highest BCUT2D eigenvalue weighted by atomic mass is 16.5. The molecule has 1 aliphatic rings. The monoisotopic (exact) mass is 297 g/mol. The molecule has 21 heavy (non-hydrogen) atoms. The molecule has 1 aliphatic heterocycles. The van der Waals surface area contributed by atoms with Gasteiger partial charge in [-0.25, -0.2) is 0 Å². The summed E-state index contributed by atoms with van der Waals surface area (Å²) in [4.78, 5) is 13.8. The minimum atomic E-state index is -0.920. The van der Waals surface area contributed by atoms with Crippen molar-refractivity contribution in [3.8, 4) is 17.2 Å². The molecule has 0 saturated carbocycles. The maximum absolute atomic E-state index is 12.4. The van der Waals surface area contributed by atoms with E-state index >= 15 is 0 Å². The molecule has 1 fully saturated rings. The summed E-state index contributed by atoms with van der Waals surface area (Å²) in [6.07, 6.45) is -1.84. The summed E-state index contributed by atoms with van der Waals surface area (Å²) in [5, 5.41) is 19.1. The molecule has 0 aliphatic carbocycles. The summed E-state index contributed by atoms with van der Waals surface area (Å²) in [6.45, 7) is 0.188. The van der Waals surface area contributed by atoms with Gasteiger partial charge in [0.2, 0.25) is 5.75 Å². The molecule has 2 atom stereocenters. The number of rotatable bonds is 4. The molecule has 2 N–H and O–H groups in total. The number of amides is 1. The Bertz CT molecular complexity index is 497. The molecule has 0 radical (unpaired) electrons. The Morgan fingerprint density at radius 1 is 1.05 bits per heavy atom. The van der Waals surface area contributed by atoms with Crippen LogP contribution in [0.25, 0.3) is 0 Å². The van der Waals surface area contributed by atoms with Crippen LogP contribution < -0.4 is 14.2 Å². The molecule has 1 aromatic rings. The van der Waals surface area contributed by atoms with Gasteiger partial charge in [0.05, 0.1) is 33.5 Å². The molecular formula is C14H19NO6. The summed E-state index contributed by atoms with van der Waals surface area (Å²) >= 11 is 0. The van der Waals surface area contributed by atoms with Gasteiger partial charge in [-0.2, -0.15) is 0 Å². The smallest absolute Gasteiger partial charge is 0.254 e. The van der Waals surface area contributed by atoms with E-state index in [0.717, 1.165) is 0 Å². The van der Waals surface area contributed by atoms with Crippen molar-refractivity contribution in [1.82, 2.24) is 4.90 Å². The van der Waals surface area contributed by atoms with Gasteiger partial charge in [0, 0.05) is 18.7 Å². The van der Waals surface area contributed by atoms with E-state index in [4.69, 9.17) is 14.2 Å². The van der Waals surface area contributed by atoms with Crippen LogP contribution in [0, 0.1) is 0 Å². The lowest BCUT2D eigenvalue weighted by atomic mass is 10.1. The van der Waals surface area contributed by atoms with Crippen LogP contribution in [0.4, 0.5) is 0 Å². The van der Waals surface area contributed by atoms with Crippen molar-refractivity contribution in [1.29, 1.82) is 0 Å². The number of aliphatic hydroxyl groups is 2. The first-order valence-electron chi connectivity index (χ1n) is 6.47. The van der Waals surface area contributed by atoms with Crippen LogP contribution in [0.2, 0.25) is 0 Å². The van der Waals surface area contributed by atoms with Crippen LogP contribution in [0.15, 0.2) is 12.1 Å². The quantitative estimate of drug-likeness (QED) is 0.806. The number of hydrogen-bond donors (Lipinski definition) is 2. The predicted octanol–water partition coefficient (Wildman–Crippen LogP) is -0.110. The van der Waals surface area contributed by atoms with Crippen molar-refractivity contribution in [2.75, 3.05) is 34.4 Å². The molecule has 1 heterocycles. The van der Waals surface area contributed by atoms with Gasteiger partial charge in [-0.15, -0.1) is 0 Å². The maximum atomic E-state index is 12.4. The van der Waals surface area contributed by atoms with Gasteiger partial charge in [0.25, 0.3) is 5.91 Å². The zero-order valence-electron chi connectivity index (χ0n) is 12.2. The Morgan fingerprint density at radius 3 is 1.90 bits per heavy atom. The second kappa shape index (κ2) is 6.19. The minimum absolute atomic E-state index is 0.0939. The maximum Gasteiger partial charge on any atom is 0.254 e. The number of β-amino-alcohol motifs (C(OH)–C–C–N with tert-alkyl or cyclic N) is 2. The Hall–Kier alpha value is -1.99. The van der Waals surface area contributed by atoms with Crippen molar-refractivity contribution in [3.05, 3.63) is 17.7 Å². The van der Waals surface area contributed by atoms with Crippen molar-refractivity contribution in [2.24, 2.45) is 0 Å². The fraction of sp³-hybridized carbons (Fsp3) is 0.500. The van der Waals surface area contributed by atoms with Crippen LogP contribution in [0.3, 0.4) is 0 Å². The van der Waals surface area contributed by atoms with Crippen LogP contribution in [-0.4, -0.2) is 67.6 Å². The molecule has 0 aromatic heterocycles. The third-order valence-electron chi connectivity index (χ3n) is 3.46. The Balaban J connectivity index is 2.33. The number of benzene rings is 1. The summed E-state index contributed by atoms with van der Waals surface area (Å²) in [6, 6.07) is 3.08. The molecule has 7 heteroatoms. The number of ether oxygens (including phenoxy) is 3. The number of carbonyl (C=O) groups excluding carboxylic acids is 1. The highest BCUT2D eigenvalue weighted by molar-refractivity contribution is 5.96. The van der Waals surface area contributed by atoms with Gasteiger partial charge in [-0.1, -0.05) is 0 Å². The lowest BCUT2D eigenvalue weighted by molar-refractivity contribution is 0.0572. The SMILES string of the molecule is COc1cc(C(=O)N2C[C@@H](O)[C@@H](O)C2)cc(OC)c1OC. The molecule has 1 saturated heterocycles. The van der Waals surface area contributed by atoms with Crippen molar-refractivity contribution in [3.63, 3.8) is 0 Å². The highest BCUT2D eigenvalue weighted by Crippen LogP contribution is 2.38. The van der Waals surface area contributed by atoms with Crippen LogP contribution in [0.5, 0.6) is 17.2 Å². The van der Waals surface area contributed by atoms with E-state index in [-0.39, 0.29) is 19.0 Å². The average Bonchev–Trinajstić information content (AvgIpc) is 2.84. The van der Waals surface area contributed by atoms with Crippen LogP contribution in [-0.2, 0) is 0 Å². The molecule has 1 aromatic carbocycles. The third kappa shape index (κ3) is 2.88. The fourth-order valence-corrected chi connectivity index (χ4v) is 2.32. The van der Waals surface area contributed by atoms with Crippen molar-refractivity contribution in [2.45, 2.75) is 12.2 Å². The molecule has 0 spiro atoms. The van der Waals surface area contributed by atoms with Crippen molar-refractivity contribution < 1.29 is 29.2 Å². The number of aliphatic hydroxyl groups excluding tert-OH is 2. The first-order chi connectivity index (χ1) is 10.0. The number of nitrogens with zero attached hydrogens (tertiary/aromatic N) is 1. The molecule has 0 bridgehead atoms. The van der Waals surface area contributed by atoms with E-state index in [0.29, 0.717) is 22.8 Å². The molecule has 116 valence electrons. The average molecular weight is 297 g/mol. The van der Waals surface area contributed by atoms with Gasteiger partial charge < -0.3 is 29.3 Å². The Morgan fingerprint density at radius 2 is 1.52 bits per heavy atom.